The zero-order valence-corrected chi connectivity index (χ0v) is 10.1. The van der Waals surface area contributed by atoms with Gasteiger partial charge in [0.15, 0.2) is 0 Å². The molecule has 15 heavy (non-hydrogen) atoms. The number of unbranched alkanes of at least 4 members (excludes halogenated alkanes) is 2. The van der Waals surface area contributed by atoms with E-state index in [9.17, 15) is 0 Å². The van der Waals surface area contributed by atoms with Gasteiger partial charge < -0.3 is 0 Å². The van der Waals surface area contributed by atoms with E-state index in [0.29, 0.717) is 6.54 Å². The first-order valence-corrected chi connectivity index (χ1v) is 4.92. The molecule has 0 radical (unpaired) electrons. The first kappa shape index (κ1) is 16.3. The van der Waals surface area contributed by atoms with Crippen LogP contribution in [0.25, 0.3) is 10.4 Å². The molecule has 0 saturated heterocycles. The molecule has 0 aliphatic rings. The first-order valence-electron chi connectivity index (χ1n) is 4.92. The highest BCUT2D eigenvalue weighted by Crippen LogP contribution is 1.92. The molecule has 0 atom stereocenters. The lowest BCUT2D eigenvalue weighted by Gasteiger charge is -1.86. The molecule has 0 aliphatic carbocycles. The van der Waals surface area contributed by atoms with E-state index in [4.69, 9.17) is 5.53 Å². The molecule has 0 unspecified atom stereocenters. The van der Waals surface area contributed by atoms with Gasteiger partial charge in [0, 0.05) is 11.5 Å². The molecule has 0 bridgehead atoms. The summed E-state index contributed by atoms with van der Waals surface area (Å²) in [5.41, 5.74) is 7.82. The molecule has 4 heteroatoms. The smallest absolute Gasteiger partial charge is 0.0257 e. The summed E-state index contributed by atoms with van der Waals surface area (Å²) in [6, 6.07) is 12.0. The molecule has 0 aromatic heterocycles. The van der Waals surface area contributed by atoms with Crippen LogP contribution in [0, 0.1) is 0 Å². The number of hydrogen-bond donors (Lipinski definition) is 0. The minimum Gasteiger partial charge on any atom is -0.197 e. The van der Waals surface area contributed by atoms with E-state index in [1.54, 1.807) is 0 Å². The van der Waals surface area contributed by atoms with Crippen molar-refractivity contribution in [2.75, 3.05) is 6.54 Å². The Kier molecular flexibility index (Phi) is 16.7. The topological polar surface area (TPSA) is 48.8 Å². The van der Waals surface area contributed by atoms with E-state index in [-0.39, 0.29) is 13.5 Å². The Balaban J connectivity index is 0. The Morgan fingerprint density at radius 3 is 1.80 bits per heavy atom. The van der Waals surface area contributed by atoms with Crippen molar-refractivity contribution in [1.29, 1.82) is 0 Å². The van der Waals surface area contributed by atoms with Crippen molar-refractivity contribution in [2.24, 2.45) is 5.11 Å². The highest BCUT2D eigenvalue weighted by Gasteiger charge is 1.79. The van der Waals surface area contributed by atoms with Gasteiger partial charge in [-0.05, 0) is 12.0 Å². The lowest BCUT2D eigenvalue weighted by atomic mass is 10.3. The Morgan fingerprint density at radius 2 is 1.47 bits per heavy atom. The lowest BCUT2D eigenvalue weighted by Crippen LogP contribution is -1.76. The van der Waals surface area contributed by atoms with Crippen LogP contribution in [0.1, 0.15) is 26.2 Å². The zero-order valence-electron chi connectivity index (χ0n) is 9.13. The van der Waals surface area contributed by atoms with Crippen LogP contribution in [0.3, 0.4) is 0 Å². The van der Waals surface area contributed by atoms with Crippen LogP contribution in [-0.4, -0.2) is 6.54 Å². The molecule has 1 aromatic rings. The number of benzene rings is 1. The third-order valence-corrected chi connectivity index (χ3v) is 1.59. The predicted molar refractivity (Wildman–Crippen MR) is 70.4 cm³/mol. The summed E-state index contributed by atoms with van der Waals surface area (Å²) >= 11 is 0. The van der Waals surface area contributed by atoms with E-state index in [1.807, 2.05) is 36.4 Å². The van der Waals surface area contributed by atoms with Gasteiger partial charge >= 0.3 is 0 Å². The molecule has 0 aliphatic heterocycles. The molecule has 1 rings (SSSR count). The van der Waals surface area contributed by atoms with Crippen molar-refractivity contribution < 1.29 is 0 Å². The van der Waals surface area contributed by atoms with E-state index >= 15 is 0 Å². The molecule has 3 nitrogen and oxygen atoms in total. The fourth-order valence-corrected chi connectivity index (χ4v) is 0.862. The molecule has 0 heterocycles. The third kappa shape index (κ3) is 15.6. The summed E-state index contributed by atoms with van der Waals surface area (Å²) in [5.74, 6) is 0. The van der Waals surface area contributed by atoms with Gasteiger partial charge in [0.1, 0.15) is 0 Å². The first-order chi connectivity index (χ1) is 6.91. The minimum absolute atomic E-state index is 0. The highest BCUT2D eigenvalue weighted by molar-refractivity contribution is 7.59. The quantitative estimate of drug-likeness (QED) is 0.318. The summed E-state index contributed by atoms with van der Waals surface area (Å²) in [5, 5.41) is 3.39. The van der Waals surface area contributed by atoms with Gasteiger partial charge in [-0.3, -0.25) is 0 Å². The Bertz CT molecular complexity index is 219. The third-order valence-electron chi connectivity index (χ3n) is 1.59. The molecular weight excluding hydrogens is 206 g/mol. The average Bonchev–Trinajstić information content (AvgIpc) is 2.28. The van der Waals surface area contributed by atoms with Gasteiger partial charge in [0.25, 0.3) is 0 Å². The van der Waals surface area contributed by atoms with Crippen LogP contribution >= 0.6 is 13.5 Å². The Labute approximate surface area is 98.6 Å². The maximum absolute atomic E-state index is 7.82. The van der Waals surface area contributed by atoms with E-state index in [1.165, 1.54) is 12.8 Å². The van der Waals surface area contributed by atoms with Crippen LogP contribution in [0.2, 0.25) is 0 Å². The van der Waals surface area contributed by atoms with Crippen molar-refractivity contribution in [3.8, 4) is 0 Å². The summed E-state index contributed by atoms with van der Waals surface area (Å²) in [6.45, 7) is 2.78. The Hall–Kier alpha value is -1.12. The van der Waals surface area contributed by atoms with Gasteiger partial charge in [-0.1, -0.05) is 61.3 Å². The second-order valence-corrected chi connectivity index (χ2v) is 2.82. The molecular formula is C11H19N3S. The number of nitrogens with zero attached hydrogens (tertiary/aromatic N) is 3. The monoisotopic (exact) mass is 225 g/mol. The van der Waals surface area contributed by atoms with E-state index in [2.05, 4.69) is 16.9 Å². The van der Waals surface area contributed by atoms with Crippen molar-refractivity contribution in [3.05, 3.63) is 46.8 Å². The SMILES string of the molecule is CCCCCN=[N+]=[N-].S.c1ccccc1. The second-order valence-electron chi connectivity index (χ2n) is 2.82. The summed E-state index contributed by atoms with van der Waals surface area (Å²) in [6.07, 6.45) is 3.38. The number of azide groups is 1. The van der Waals surface area contributed by atoms with Crippen LogP contribution in [-0.2, 0) is 0 Å². The van der Waals surface area contributed by atoms with Crippen molar-refractivity contribution in [3.63, 3.8) is 0 Å². The molecule has 84 valence electrons. The molecule has 0 saturated carbocycles. The fraction of sp³-hybridized carbons (Fsp3) is 0.455. The summed E-state index contributed by atoms with van der Waals surface area (Å²) in [4.78, 5) is 2.63. The number of hydrogen-bond acceptors (Lipinski definition) is 1. The maximum atomic E-state index is 7.82. The van der Waals surface area contributed by atoms with Gasteiger partial charge in [0.05, 0.1) is 0 Å². The van der Waals surface area contributed by atoms with Crippen molar-refractivity contribution in [2.45, 2.75) is 26.2 Å². The molecule has 0 amide bonds. The molecule has 0 fully saturated rings. The van der Waals surface area contributed by atoms with Crippen LogP contribution in [0.5, 0.6) is 0 Å². The minimum atomic E-state index is 0. The zero-order chi connectivity index (χ0) is 10.5. The van der Waals surface area contributed by atoms with Crippen LogP contribution < -0.4 is 0 Å². The standard InChI is InChI=1S/C6H6.C5H11N3.H2S/c1-2-4-6-5-3-1;1-2-3-4-5-7-8-6;/h1-6H;2-5H2,1H3;1H2. The average molecular weight is 225 g/mol. The maximum Gasteiger partial charge on any atom is 0.0257 e. The number of rotatable bonds is 4. The predicted octanol–water partition coefficient (Wildman–Crippen LogP) is 4.29. The Morgan fingerprint density at radius 1 is 1.00 bits per heavy atom. The molecule has 1 aromatic carbocycles. The fourth-order valence-electron chi connectivity index (χ4n) is 0.862. The second kappa shape index (κ2) is 15.4. The van der Waals surface area contributed by atoms with Gasteiger partial charge in [-0.15, -0.1) is 0 Å². The highest BCUT2D eigenvalue weighted by atomic mass is 32.1. The lowest BCUT2D eigenvalue weighted by molar-refractivity contribution is 0.725. The largest absolute Gasteiger partial charge is 0.197 e. The van der Waals surface area contributed by atoms with Crippen molar-refractivity contribution >= 4 is 13.5 Å². The van der Waals surface area contributed by atoms with Crippen molar-refractivity contribution in [1.82, 2.24) is 0 Å². The normalized spacial score (nSPS) is 7.53. The van der Waals surface area contributed by atoms with Crippen LogP contribution in [0.15, 0.2) is 41.5 Å². The van der Waals surface area contributed by atoms with Gasteiger partial charge in [0.2, 0.25) is 0 Å². The molecule has 0 N–H and O–H groups in total. The summed E-state index contributed by atoms with van der Waals surface area (Å²) < 4.78 is 0. The van der Waals surface area contributed by atoms with Gasteiger partial charge in [-0.25, -0.2) is 0 Å². The van der Waals surface area contributed by atoms with E-state index in [0.717, 1.165) is 6.42 Å². The molecule has 0 spiro atoms. The van der Waals surface area contributed by atoms with E-state index < -0.39 is 0 Å². The van der Waals surface area contributed by atoms with Crippen LogP contribution in [0.4, 0.5) is 0 Å². The van der Waals surface area contributed by atoms with Gasteiger partial charge in [-0.2, -0.15) is 13.5 Å². The summed E-state index contributed by atoms with van der Waals surface area (Å²) in [7, 11) is 0.